The first kappa shape index (κ1) is 19.6. The molecule has 0 radical (unpaired) electrons. The second-order valence-corrected chi connectivity index (χ2v) is 7.57. The van der Waals surface area contributed by atoms with Gasteiger partial charge in [0.25, 0.3) is 0 Å². The summed E-state index contributed by atoms with van der Waals surface area (Å²) in [4.78, 5) is 0. The number of rotatable bonds is 5. The first-order valence-electron chi connectivity index (χ1n) is 10.0. The largest absolute Gasteiger partial charge is 0.394 e. The van der Waals surface area contributed by atoms with Crippen LogP contribution < -0.4 is 0 Å². The highest BCUT2D eigenvalue weighted by Crippen LogP contribution is 2.45. The molecule has 156 valence electrons. The number of ether oxygens (including phenoxy) is 5. The Labute approximate surface area is 175 Å². The van der Waals surface area contributed by atoms with E-state index >= 15 is 0 Å². The predicted molar refractivity (Wildman–Crippen MR) is 110 cm³/mol. The monoisotopic (exact) mass is 408 g/mol. The van der Waals surface area contributed by atoms with Crippen molar-refractivity contribution in [2.75, 3.05) is 6.61 Å². The van der Waals surface area contributed by atoms with Crippen LogP contribution in [0.25, 0.3) is 12.2 Å². The van der Waals surface area contributed by atoms with E-state index in [0.717, 1.165) is 22.3 Å². The summed E-state index contributed by atoms with van der Waals surface area (Å²) in [5.41, 5.74) is 3.79. The van der Waals surface area contributed by atoms with E-state index in [1.54, 1.807) is 12.2 Å². The molecular formula is C24H24O6. The normalized spacial score (nSPS) is 34.9. The second kappa shape index (κ2) is 8.07. The van der Waals surface area contributed by atoms with Crippen LogP contribution in [-0.2, 0) is 23.7 Å². The Bertz CT molecular complexity index is 908. The summed E-state index contributed by atoms with van der Waals surface area (Å²) in [6.45, 7) is 7.36. The van der Waals surface area contributed by atoms with Crippen LogP contribution in [0.15, 0.2) is 61.7 Å². The Morgan fingerprint density at radius 3 is 1.73 bits per heavy atom. The van der Waals surface area contributed by atoms with Crippen molar-refractivity contribution in [2.45, 2.75) is 43.3 Å². The van der Waals surface area contributed by atoms with Crippen molar-refractivity contribution in [3.8, 4) is 0 Å². The van der Waals surface area contributed by atoms with E-state index in [1.807, 2.05) is 48.5 Å². The minimum atomic E-state index is -0.626. The first-order valence-corrected chi connectivity index (χ1v) is 10.0. The first-order chi connectivity index (χ1) is 14.7. The van der Waals surface area contributed by atoms with Gasteiger partial charge in [-0.3, -0.25) is 0 Å². The Morgan fingerprint density at radius 1 is 0.667 bits per heavy atom. The van der Waals surface area contributed by atoms with E-state index < -0.39 is 43.3 Å². The molecule has 5 rings (SSSR count). The maximum atomic E-state index is 9.86. The van der Waals surface area contributed by atoms with Gasteiger partial charge in [0.1, 0.15) is 24.4 Å². The van der Waals surface area contributed by atoms with Crippen LogP contribution in [0.1, 0.15) is 34.8 Å². The van der Waals surface area contributed by atoms with Crippen LogP contribution in [0, 0.1) is 0 Å². The molecule has 0 spiro atoms. The molecule has 3 aliphatic rings. The number of aliphatic hydroxyl groups is 1. The molecule has 6 heteroatoms. The van der Waals surface area contributed by atoms with Gasteiger partial charge in [0.15, 0.2) is 18.9 Å². The van der Waals surface area contributed by atoms with Gasteiger partial charge < -0.3 is 28.8 Å². The number of aliphatic hydroxyl groups excluding tert-OH is 1. The van der Waals surface area contributed by atoms with E-state index in [-0.39, 0.29) is 6.61 Å². The van der Waals surface area contributed by atoms with Crippen molar-refractivity contribution in [3.63, 3.8) is 0 Å². The molecule has 3 aliphatic heterocycles. The minimum absolute atomic E-state index is 0.183. The van der Waals surface area contributed by atoms with Crippen LogP contribution >= 0.6 is 0 Å². The highest BCUT2D eigenvalue weighted by Gasteiger charge is 2.58. The maximum absolute atomic E-state index is 9.86. The molecule has 3 saturated heterocycles. The summed E-state index contributed by atoms with van der Waals surface area (Å²) in [5, 5.41) is 9.86. The molecule has 7 atom stereocenters. The zero-order chi connectivity index (χ0) is 20.7. The molecule has 0 bridgehead atoms. The van der Waals surface area contributed by atoms with Gasteiger partial charge in [0.05, 0.1) is 6.61 Å². The van der Waals surface area contributed by atoms with Crippen molar-refractivity contribution >= 4 is 12.2 Å². The quantitative estimate of drug-likeness (QED) is 0.816. The Balaban J connectivity index is 1.34. The summed E-state index contributed by atoms with van der Waals surface area (Å²) >= 11 is 0. The molecule has 1 N–H and O–H groups in total. The smallest absolute Gasteiger partial charge is 0.190 e. The molecule has 6 nitrogen and oxygen atoms in total. The van der Waals surface area contributed by atoms with Crippen LogP contribution in [0.4, 0.5) is 0 Å². The van der Waals surface area contributed by atoms with Gasteiger partial charge in [0, 0.05) is 11.1 Å². The summed E-state index contributed by atoms with van der Waals surface area (Å²) in [5.74, 6) is 0. The molecule has 3 heterocycles. The zero-order valence-electron chi connectivity index (χ0n) is 16.4. The molecule has 2 aromatic rings. The summed E-state index contributed by atoms with van der Waals surface area (Å²) < 4.78 is 30.4. The lowest BCUT2D eigenvalue weighted by atomic mass is 10.0. The van der Waals surface area contributed by atoms with E-state index in [9.17, 15) is 5.11 Å². The maximum Gasteiger partial charge on any atom is 0.190 e. The van der Waals surface area contributed by atoms with Gasteiger partial charge in [-0.25, -0.2) is 0 Å². The van der Waals surface area contributed by atoms with Gasteiger partial charge >= 0.3 is 0 Å². The lowest BCUT2D eigenvalue weighted by molar-refractivity contribution is -0.305. The lowest BCUT2D eigenvalue weighted by Crippen LogP contribution is -2.50. The van der Waals surface area contributed by atoms with Gasteiger partial charge in [-0.2, -0.15) is 0 Å². The molecular weight excluding hydrogens is 384 g/mol. The molecule has 0 aromatic heterocycles. The standard InChI is InChI=1S/C24H24O6/c1-3-14-5-9-16(10-6-14)22-26-18(13-25)19-20(28-22)21-24(27-19)30-23(29-21)17-11-7-15(4-2)8-12-17/h3-12,18-25H,1-2,13H2. The van der Waals surface area contributed by atoms with Crippen LogP contribution in [-0.4, -0.2) is 42.4 Å². The lowest BCUT2D eigenvalue weighted by Gasteiger charge is -2.38. The number of hydrogen-bond acceptors (Lipinski definition) is 6. The van der Waals surface area contributed by atoms with Crippen LogP contribution in [0.2, 0.25) is 0 Å². The molecule has 0 saturated carbocycles. The predicted octanol–water partition coefficient (Wildman–Crippen LogP) is 3.59. The van der Waals surface area contributed by atoms with E-state index in [4.69, 9.17) is 23.7 Å². The molecule has 30 heavy (non-hydrogen) atoms. The number of fused-ring (bicyclic) bond motifs is 3. The Kier molecular flexibility index (Phi) is 5.28. The average Bonchev–Trinajstić information content (AvgIpc) is 3.37. The zero-order valence-corrected chi connectivity index (χ0v) is 16.4. The van der Waals surface area contributed by atoms with E-state index in [2.05, 4.69) is 13.2 Å². The number of hydrogen-bond donors (Lipinski definition) is 1. The fraction of sp³-hybridized carbons (Fsp3) is 0.333. The van der Waals surface area contributed by atoms with E-state index in [0.29, 0.717) is 0 Å². The highest BCUT2D eigenvalue weighted by molar-refractivity contribution is 5.48. The van der Waals surface area contributed by atoms with E-state index in [1.165, 1.54) is 0 Å². The third-order valence-electron chi connectivity index (χ3n) is 5.76. The average molecular weight is 408 g/mol. The topological polar surface area (TPSA) is 66.4 Å². The van der Waals surface area contributed by atoms with Crippen LogP contribution in [0.5, 0.6) is 0 Å². The minimum Gasteiger partial charge on any atom is -0.394 e. The fourth-order valence-electron chi connectivity index (χ4n) is 4.10. The van der Waals surface area contributed by atoms with Crippen molar-refractivity contribution in [1.29, 1.82) is 0 Å². The van der Waals surface area contributed by atoms with Crippen molar-refractivity contribution in [3.05, 3.63) is 83.9 Å². The molecule has 0 amide bonds. The van der Waals surface area contributed by atoms with Gasteiger partial charge in [-0.1, -0.05) is 73.8 Å². The third-order valence-corrected chi connectivity index (χ3v) is 5.76. The molecule has 3 fully saturated rings. The Morgan fingerprint density at radius 2 is 1.20 bits per heavy atom. The summed E-state index contributed by atoms with van der Waals surface area (Å²) in [6.07, 6.45) is 0.00435. The highest BCUT2D eigenvalue weighted by atomic mass is 16.8. The van der Waals surface area contributed by atoms with Gasteiger partial charge in [0.2, 0.25) is 0 Å². The van der Waals surface area contributed by atoms with Crippen molar-refractivity contribution < 1.29 is 28.8 Å². The number of benzene rings is 2. The molecule has 7 unspecified atom stereocenters. The van der Waals surface area contributed by atoms with Crippen LogP contribution in [0.3, 0.4) is 0 Å². The SMILES string of the molecule is C=Cc1ccc(C2OC3OC4C(CO)OC(c5ccc(C=C)cc5)OC4C3O2)cc1. The van der Waals surface area contributed by atoms with Crippen molar-refractivity contribution in [1.82, 2.24) is 0 Å². The summed E-state index contributed by atoms with van der Waals surface area (Å²) in [7, 11) is 0. The molecule has 0 aliphatic carbocycles. The Hall–Kier alpha value is -2.32. The third kappa shape index (κ3) is 3.41. The second-order valence-electron chi connectivity index (χ2n) is 7.57. The fourth-order valence-corrected chi connectivity index (χ4v) is 4.10. The van der Waals surface area contributed by atoms with Crippen molar-refractivity contribution in [2.24, 2.45) is 0 Å². The van der Waals surface area contributed by atoms with Gasteiger partial charge in [-0.15, -0.1) is 0 Å². The van der Waals surface area contributed by atoms with Gasteiger partial charge in [-0.05, 0) is 11.1 Å². The molecule has 2 aromatic carbocycles. The summed E-state index contributed by atoms with van der Waals surface area (Å²) in [6, 6.07) is 15.6.